The summed E-state index contributed by atoms with van der Waals surface area (Å²) in [7, 11) is 0. The molecule has 0 amide bonds. The molecular formula is C9H2Cl3NO. The van der Waals surface area contributed by atoms with E-state index in [1.807, 2.05) is 6.07 Å². The first kappa shape index (κ1) is 9.67. The molecule has 0 unspecified atom stereocenters. The fraction of sp³-hybridized carbons (Fsp3) is 0. The summed E-state index contributed by atoms with van der Waals surface area (Å²) < 4.78 is 5.15. The summed E-state index contributed by atoms with van der Waals surface area (Å²) in [5, 5.41) is 10.2. The van der Waals surface area contributed by atoms with Crippen LogP contribution in [0.2, 0.25) is 15.1 Å². The van der Waals surface area contributed by atoms with Crippen molar-refractivity contribution in [2.75, 3.05) is 0 Å². The highest BCUT2D eigenvalue weighted by Gasteiger charge is 2.13. The Morgan fingerprint density at radius 2 is 1.86 bits per heavy atom. The molecule has 0 aliphatic carbocycles. The maximum atomic E-state index is 8.63. The normalized spacial score (nSPS) is 10.4. The van der Waals surface area contributed by atoms with E-state index in [9.17, 15) is 0 Å². The monoisotopic (exact) mass is 245 g/mol. The van der Waals surface area contributed by atoms with Crippen molar-refractivity contribution in [3.63, 3.8) is 0 Å². The lowest BCUT2D eigenvalue weighted by molar-refractivity contribution is 0.599. The third-order valence-electron chi connectivity index (χ3n) is 1.76. The van der Waals surface area contributed by atoms with E-state index in [1.165, 1.54) is 12.1 Å². The van der Waals surface area contributed by atoms with Crippen molar-refractivity contribution in [2.24, 2.45) is 0 Å². The summed E-state index contributed by atoms with van der Waals surface area (Å²) in [5.74, 6) is 0.158. The lowest BCUT2D eigenvalue weighted by Crippen LogP contribution is -1.72. The molecule has 70 valence electrons. The highest BCUT2D eigenvalue weighted by Crippen LogP contribution is 2.37. The zero-order chi connectivity index (χ0) is 10.3. The first-order chi connectivity index (χ1) is 6.63. The molecule has 0 aliphatic heterocycles. The molecule has 5 heteroatoms. The average molecular weight is 246 g/mol. The summed E-state index contributed by atoms with van der Waals surface area (Å²) in [4.78, 5) is 0. The summed E-state index contributed by atoms with van der Waals surface area (Å²) in [6.45, 7) is 0. The number of fused-ring (bicyclic) bond motifs is 1. The summed E-state index contributed by atoms with van der Waals surface area (Å²) in [6, 6.07) is 4.86. The third kappa shape index (κ3) is 1.34. The van der Waals surface area contributed by atoms with Crippen LogP contribution in [-0.2, 0) is 0 Å². The number of benzene rings is 1. The van der Waals surface area contributed by atoms with Crippen LogP contribution in [0, 0.1) is 11.3 Å². The fourth-order valence-corrected chi connectivity index (χ4v) is 1.87. The Kier molecular flexibility index (Phi) is 2.32. The van der Waals surface area contributed by atoms with E-state index in [-0.39, 0.29) is 5.76 Å². The predicted molar refractivity (Wildman–Crippen MR) is 56.0 cm³/mol. The Labute approximate surface area is 94.6 Å². The predicted octanol–water partition coefficient (Wildman–Crippen LogP) is 4.26. The minimum absolute atomic E-state index is 0.158. The van der Waals surface area contributed by atoms with Gasteiger partial charge in [0.2, 0.25) is 5.76 Å². The van der Waals surface area contributed by atoms with Crippen LogP contribution in [0.4, 0.5) is 0 Å². The van der Waals surface area contributed by atoms with E-state index in [2.05, 4.69) is 0 Å². The van der Waals surface area contributed by atoms with E-state index in [0.29, 0.717) is 26.0 Å². The number of hydrogen-bond donors (Lipinski definition) is 0. The van der Waals surface area contributed by atoms with Gasteiger partial charge in [0.25, 0.3) is 0 Å². The second-order valence-electron chi connectivity index (χ2n) is 2.62. The van der Waals surface area contributed by atoms with Crippen molar-refractivity contribution in [2.45, 2.75) is 0 Å². The molecule has 0 saturated carbocycles. The number of hydrogen-bond acceptors (Lipinski definition) is 2. The molecule has 0 aliphatic rings. The van der Waals surface area contributed by atoms with Gasteiger partial charge in [0.15, 0.2) is 5.58 Å². The van der Waals surface area contributed by atoms with Crippen LogP contribution in [0.15, 0.2) is 16.5 Å². The minimum Gasteiger partial charge on any atom is -0.444 e. The van der Waals surface area contributed by atoms with Crippen molar-refractivity contribution in [3.05, 3.63) is 33.0 Å². The van der Waals surface area contributed by atoms with Gasteiger partial charge in [-0.15, -0.1) is 0 Å². The summed E-state index contributed by atoms with van der Waals surface area (Å²) >= 11 is 17.6. The molecule has 1 aromatic carbocycles. The average Bonchev–Trinajstić information content (AvgIpc) is 2.58. The van der Waals surface area contributed by atoms with Crippen LogP contribution in [0.5, 0.6) is 0 Å². The molecule has 0 bridgehead atoms. The maximum absolute atomic E-state index is 8.63. The topological polar surface area (TPSA) is 36.9 Å². The van der Waals surface area contributed by atoms with Gasteiger partial charge in [0.1, 0.15) is 6.07 Å². The first-order valence-electron chi connectivity index (χ1n) is 3.60. The van der Waals surface area contributed by atoms with Crippen LogP contribution in [0.3, 0.4) is 0 Å². The smallest absolute Gasteiger partial charge is 0.204 e. The Hall–Kier alpha value is -0.880. The van der Waals surface area contributed by atoms with Gasteiger partial charge in [0.05, 0.1) is 15.1 Å². The zero-order valence-electron chi connectivity index (χ0n) is 6.64. The highest BCUT2D eigenvalue weighted by molar-refractivity contribution is 6.47. The molecule has 0 saturated heterocycles. The standard InChI is InChI=1S/C9H2Cl3NO/c10-6-2-7(11)9-5(8(6)12)1-4(3-13)14-9/h1-2H. The molecule has 1 aromatic heterocycles. The van der Waals surface area contributed by atoms with Gasteiger partial charge in [-0.25, -0.2) is 0 Å². The van der Waals surface area contributed by atoms with E-state index >= 15 is 0 Å². The molecule has 0 spiro atoms. The number of halogens is 3. The second-order valence-corrected chi connectivity index (χ2v) is 3.81. The Bertz CT molecular complexity index is 553. The van der Waals surface area contributed by atoms with E-state index < -0.39 is 0 Å². The Balaban J connectivity index is 2.93. The van der Waals surface area contributed by atoms with E-state index in [4.69, 9.17) is 44.5 Å². The van der Waals surface area contributed by atoms with Crippen LogP contribution in [0.1, 0.15) is 5.76 Å². The van der Waals surface area contributed by atoms with Gasteiger partial charge in [-0.3, -0.25) is 0 Å². The lowest BCUT2D eigenvalue weighted by Gasteiger charge is -1.97. The van der Waals surface area contributed by atoms with Crippen LogP contribution in [0.25, 0.3) is 11.0 Å². The van der Waals surface area contributed by atoms with E-state index in [0.717, 1.165) is 0 Å². The van der Waals surface area contributed by atoms with Gasteiger partial charge in [0, 0.05) is 11.5 Å². The largest absolute Gasteiger partial charge is 0.444 e. The van der Waals surface area contributed by atoms with Crippen molar-refractivity contribution in [3.8, 4) is 6.07 Å². The highest BCUT2D eigenvalue weighted by atomic mass is 35.5. The first-order valence-corrected chi connectivity index (χ1v) is 4.74. The summed E-state index contributed by atoms with van der Waals surface area (Å²) in [6.07, 6.45) is 0. The summed E-state index contributed by atoms with van der Waals surface area (Å²) in [5.41, 5.74) is 0.387. The molecular weight excluding hydrogens is 244 g/mol. The Morgan fingerprint density at radius 3 is 2.50 bits per heavy atom. The number of nitrogens with zero attached hydrogens (tertiary/aromatic N) is 1. The van der Waals surface area contributed by atoms with Gasteiger partial charge in [-0.05, 0) is 6.07 Å². The molecule has 2 aromatic rings. The van der Waals surface area contributed by atoms with Crippen LogP contribution < -0.4 is 0 Å². The second kappa shape index (κ2) is 3.36. The zero-order valence-corrected chi connectivity index (χ0v) is 8.91. The molecule has 2 rings (SSSR count). The maximum Gasteiger partial charge on any atom is 0.204 e. The Morgan fingerprint density at radius 1 is 1.14 bits per heavy atom. The fourth-order valence-electron chi connectivity index (χ4n) is 1.16. The van der Waals surface area contributed by atoms with Gasteiger partial charge >= 0.3 is 0 Å². The third-order valence-corrected chi connectivity index (χ3v) is 2.84. The number of rotatable bonds is 0. The molecule has 1 heterocycles. The van der Waals surface area contributed by atoms with E-state index in [1.54, 1.807) is 0 Å². The van der Waals surface area contributed by atoms with Gasteiger partial charge in [-0.1, -0.05) is 34.8 Å². The molecule has 0 fully saturated rings. The molecule has 0 radical (unpaired) electrons. The quantitative estimate of drug-likeness (QED) is 0.651. The number of nitriles is 1. The molecule has 2 nitrogen and oxygen atoms in total. The van der Waals surface area contributed by atoms with Crippen molar-refractivity contribution in [1.82, 2.24) is 0 Å². The number of furan rings is 1. The minimum atomic E-state index is 0.158. The lowest BCUT2D eigenvalue weighted by atomic mass is 10.2. The molecule has 0 N–H and O–H groups in total. The van der Waals surface area contributed by atoms with Crippen molar-refractivity contribution < 1.29 is 4.42 Å². The SMILES string of the molecule is N#Cc1cc2c(Cl)c(Cl)cc(Cl)c2o1. The van der Waals surface area contributed by atoms with Crippen molar-refractivity contribution >= 4 is 45.8 Å². The van der Waals surface area contributed by atoms with Crippen molar-refractivity contribution in [1.29, 1.82) is 5.26 Å². The van der Waals surface area contributed by atoms with Gasteiger partial charge in [-0.2, -0.15) is 5.26 Å². The molecule has 0 atom stereocenters. The van der Waals surface area contributed by atoms with Gasteiger partial charge < -0.3 is 4.42 Å². The van der Waals surface area contributed by atoms with Crippen LogP contribution in [-0.4, -0.2) is 0 Å². The van der Waals surface area contributed by atoms with Crippen LogP contribution >= 0.6 is 34.8 Å². The molecule has 14 heavy (non-hydrogen) atoms.